The monoisotopic (exact) mass is 467 g/mol. The molecule has 2 aliphatic rings. The van der Waals surface area contributed by atoms with E-state index in [1.54, 1.807) is 6.08 Å². The van der Waals surface area contributed by atoms with Gasteiger partial charge in [0, 0.05) is 5.56 Å². The molecular formula is C30H29NO4. The molecule has 0 amide bonds. The van der Waals surface area contributed by atoms with E-state index in [1.165, 1.54) is 37.7 Å². The normalized spacial score (nSPS) is 17.2. The summed E-state index contributed by atoms with van der Waals surface area (Å²) in [5.41, 5.74) is 3.27. The van der Waals surface area contributed by atoms with E-state index >= 15 is 0 Å². The van der Waals surface area contributed by atoms with E-state index in [-0.39, 0.29) is 5.70 Å². The summed E-state index contributed by atoms with van der Waals surface area (Å²) in [6.45, 7) is 0.869. The van der Waals surface area contributed by atoms with Gasteiger partial charge in [-0.05, 0) is 72.4 Å². The highest BCUT2D eigenvalue weighted by Gasteiger charge is 2.24. The van der Waals surface area contributed by atoms with Crippen LogP contribution in [0.5, 0.6) is 11.5 Å². The summed E-state index contributed by atoms with van der Waals surface area (Å²) in [6.07, 6.45) is 8.34. The second kappa shape index (κ2) is 11.0. The molecule has 1 aliphatic heterocycles. The van der Waals surface area contributed by atoms with Crippen molar-refractivity contribution < 1.29 is 19.0 Å². The van der Waals surface area contributed by atoms with E-state index in [0.29, 0.717) is 30.8 Å². The number of benzene rings is 3. The van der Waals surface area contributed by atoms with Gasteiger partial charge in [0.15, 0.2) is 5.70 Å². The van der Waals surface area contributed by atoms with Crippen LogP contribution in [0, 0.1) is 0 Å². The fraction of sp³-hybridized carbons (Fsp3) is 0.267. The first-order valence-electron chi connectivity index (χ1n) is 12.3. The number of carbonyl (C=O) groups is 1. The molecule has 3 aromatic carbocycles. The van der Waals surface area contributed by atoms with E-state index in [9.17, 15) is 4.79 Å². The van der Waals surface area contributed by atoms with E-state index in [2.05, 4.69) is 29.3 Å². The highest BCUT2D eigenvalue weighted by Crippen LogP contribution is 2.33. The molecule has 0 unspecified atom stereocenters. The second-order valence-electron chi connectivity index (χ2n) is 8.88. The van der Waals surface area contributed by atoms with E-state index in [1.807, 2.05) is 54.6 Å². The molecule has 0 aromatic heterocycles. The molecule has 0 bridgehead atoms. The summed E-state index contributed by atoms with van der Waals surface area (Å²) in [7, 11) is 0. The average molecular weight is 468 g/mol. The number of ether oxygens (including phenoxy) is 3. The third-order valence-electron chi connectivity index (χ3n) is 6.38. The van der Waals surface area contributed by atoms with Gasteiger partial charge in [-0.2, -0.15) is 0 Å². The Kier molecular flexibility index (Phi) is 7.23. The summed E-state index contributed by atoms with van der Waals surface area (Å²) >= 11 is 0. The first kappa shape index (κ1) is 22.9. The highest BCUT2D eigenvalue weighted by atomic mass is 16.6. The molecule has 5 rings (SSSR count). The number of hydrogen-bond donors (Lipinski definition) is 0. The fourth-order valence-electron chi connectivity index (χ4n) is 4.56. The molecule has 0 radical (unpaired) electrons. The molecule has 0 saturated heterocycles. The molecule has 178 valence electrons. The molecule has 1 fully saturated rings. The minimum Gasteiger partial charge on any atom is -0.490 e. The largest absolute Gasteiger partial charge is 0.490 e. The van der Waals surface area contributed by atoms with Gasteiger partial charge in [0.1, 0.15) is 24.7 Å². The number of rotatable bonds is 8. The summed E-state index contributed by atoms with van der Waals surface area (Å²) in [5.74, 6) is 2.12. The molecular weight excluding hydrogens is 438 g/mol. The van der Waals surface area contributed by atoms with Crippen LogP contribution >= 0.6 is 0 Å². The van der Waals surface area contributed by atoms with Crippen molar-refractivity contribution in [2.45, 2.75) is 38.0 Å². The molecule has 35 heavy (non-hydrogen) atoms. The summed E-state index contributed by atoms with van der Waals surface area (Å²) in [4.78, 5) is 16.6. The maximum atomic E-state index is 12.3. The van der Waals surface area contributed by atoms with Crippen molar-refractivity contribution in [3.05, 3.63) is 101 Å². The number of esters is 1. The SMILES string of the molecule is O=C1OC(c2ccccc2)=NC1=Cc1cccc(OCCOc2ccc(C3CCCCC3)cc2)c1. The Hall–Kier alpha value is -3.86. The second-order valence-corrected chi connectivity index (χ2v) is 8.88. The van der Waals surface area contributed by atoms with Crippen molar-refractivity contribution in [1.29, 1.82) is 0 Å². The van der Waals surface area contributed by atoms with Crippen LogP contribution in [0.4, 0.5) is 0 Å². The zero-order chi connectivity index (χ0) is 23.9. The lowest BCUT2D eigenvalue weighted by atomic mass is 9.84. The van der Waals surface area contributed by atoms with Gasteiger partial charge in [-0.3, -0.25) is 0 Å². The van der Waals surface area contributed by atoms with Crippen molar-refractivity contribution >= 4 is 17.9 Å². The maximum absolute atomic E-state index is 12.3. The molecule has 5 heteroatoms. The van der Waals surface area contributed by atoms with E-state index in [0.717, 1.165) is 16.9 Å². The lowest BCUT2D eigenvalue weighted by molar-refractivity contribution is -0.129. The Bertz CT molecular complexity index is 1210. The summed E-state index contributed by atoms with van der Waals surface area (Å²) < 4.78 is 17.0. The predicted octanol–water partition coefficient (Wildman–Crippen LogP) is 6.54. The third-order valence-corrected chi connectivity index (χ3v) is 6.38. The quantitative estimate of drug-likeness (QED) is 0.215. The van der Waals surface area contributed by atoms with Gasteiger partial charge in [0.05, 0.1) is 0 Å². The minimum atomic E-state index is -0.460. The number of hydrogen-bond acceptors (Lipinski definition) is 5. The van der Waals surface area contributed by atoms with Gasteiger partial charge in [-0.15, -0.1) is 0 Å². The Balaban J connectivity index is 1.14. The number of aliphatic imine (C=N–C) groups is 1. The predicted molar refractivity (Wildman–Crippen MR) is 137 cm³/mol. The Labute approximate surface area is 206 Å². The summed E-state index contributed by atoms with van der Waals surface area (Å²) in [5, 5.41) is 0. The van der Waals surface area contributed by atoms with Gasteiger partial charge < -0.3 is 14.2 Å². The van der Waals surface area contributed by atoms with Gasteiger partial charge in [0.2, 0.25) is 5.90 Å². The van der Waals surface area contributed by atoms with E-state index in [4.69, 9.17) is 14.2 Å². The summed E-state index contributed by atoms with van der Waals surface area (Å²) in [6, 6.07) is 25.4. The molecule has 0 spiro atoms. The first-order chi connectivity index (χ1) is 17.2. The van der Waals surface area contributed by atoms with Crippen molar-refractivity contribution in [3.8, 4) is 11.5 Å². The molecule has 3 aromatic rings. The Morgan fingerprint density at radius 3 is 2.34 bits per heavy atom. The zero-order valence-electron chi connectivity index (χ0n) is 19.7. The average Bonchev–Trinajstić information content (AvgIpc) is 3.28. The molecule has 1 aliphatic carbocycles. The topological polar surface area (TPSA) is 57.1 Å². The van der Waals surface area contributed by atoms with Crippen molar-refractivity contribution in [2.75, 3.05) is 13.2 Å². The van der Waals surface area contributed by atoms with Gasteiger partial charge in [-0.25, -0.2) is 9.79 Å². The first-order valence-corrected chi connectivity index (χ1v) is 12.3. The Morgan fingerprint density at radius 2 is 1.57 bits per heavy atom. The van der Waals surface area contributed by atoms with Crippen LogP contribution in [0.3, 0.4) is 0 Å². The molecule has 1 saturated carbocycles. The highest BCUT2D eigenvalue weighted by molar-refractivity contribution is 6.12. The number of nitrogens with zero attached hydrogens (tertiary/aromatic N) is 1. The third kappa shape index (κ3) is 5.99. The van der Waals surface area contributed by atoms with Crippen LogP contribution in [-0.4, -0.2) is 25.1 Å². The molecule has 0 N–H and O–H groups in total. The fourth-order valence-corrected chi connectivity index (χ4v) is 4.56. The van der Waals surface area contributed by atoms with Crippen molar-refractivity contribution in [3.63, 3.8) is 0 Å². The van der Waals surface area contributed by atoms with Crippen LogP contribution in [0.15, 0.2) is 89.6 Å². The van der Waals surface area contributed by atoms with Crippen molar-refractivity contribution in [1.82, 2.24) is 0 Å². The maximum Gasteiger partial charge on any atom is 0.363 e. The number of cyclic esters (lactones) is 1. The zero-order valence-corrected chi connectivity index (χ0v) is 19.7. The van der Waals surface area contributed by atoms with Gasteiger partial charge >= 0.3 is 5.97 Å². The lowest BCUT2D eigenvalue weighted by Crippen LogP contribution is -2.09. The smallest absolute Gasteiger partial charge is 0.363 e. The molecule has 1 heterocycles. The van der Waals surface area contributed by atoms with E-state index < -0.39 is 5.97 Å². The van der Waals surface area contributed by atoms with Crippen molar-refractivity contribution in [2.24, 2.45) is 4.99 Å². The minimum absolute atomic E-state index is 0.265. The standard InChI is InChI=1S/C30H29NO4/c32-30-28(31-29(35-30)25-11-5-2-6-12-25)21-22-8-7-13-27(20-22)34-19-18-33-26-16-14-24(15-17-26)23-9-3-1-4-10-23/h2,5-8,11-17,20-21,23H,1,3-4,9-10,18-19H2. The number of carbonyl (C=O) groups excluding carboxylic acids is 1. The van der Waals surface area contributed by atoms with Gasteiger partial charge in [-0.1, -0.05) is 61.7 Å². The van der Waals surface area contributed by atoms with Crippen LogP contribution in [0.25, 0.3) is 6.08 Å². The van der Waals surface area contributed by atoms with Gasteiger partial charge in [0.25, 0.3) is 0 Å². The van der Waals surface area contributed by atoms with Crippen LogP contribution in [-0.2, 0) is 9.53 Å². The molecule has 5 nitrogen and oxygen atoms in total. The lowest BCUT2D eigenvalue weighted by Gasteiger charge is -2.22. The van der Waals surface area contributed by atoms with Crippen LogP contribution < -0.4 is 9.47 Å². The van der Waals surface area contributed by atoms with Crippen LogP contribution in [0.1, 0.15) is 54.7 Å². The van der Waals surface area contributed by atoms with Crippen LogP contribution in [0.2, 0.25) is 0 Å². The molecule has 0 atom stereocenters. The Morgan fingerprint density at radius 1 is 0.829 bits per heavy atom.